The predicted molar refractivity (Wildman–Crippen MR) is 93.3 cm³/mol. The number of aryl methyl sites for hydroxylation is 2. The quantitative estimate of drug-likeness (QED) is 0.515. The molecule has 24 heavy (non-hydrogen) atoms. The number of nitrogens with one attached hydrogen (secondary N) is 2. The Morgan fingerprint density at radius 2 is 1.67 bits per heavy atom. The van der Waals surface area contributed by atoms with Crippen molar-refractivity contribution in [3.63, 3.8) is 0 Å². The van der Waals surface area contributed by atoms with Crippen molar-refractivity contribution in [2.45, 2.75) is 13.8 Å². The molecule has 6 nitrogen and oxygen atoms in total. The van der Waals surface area contributed by atoms with E-state index in [1.165, 1.54) is 6.21 Å². The first-order chi connectivity index (χ1) is 11.5. The number of benzene rings is 2. The first kappa shape index (κ1) is 17.2. The number of anilines is 1. The van der Waals surface area contributed by atoms with Crippen LogP contribution in [-0.2, 0) is 9.59 Å². The van der Waals surface area contributed by atoms with Gasteiger partial charge in [0.2, 0.25) is 0 Å². The zero-order valence-corrected chi connectivity index (χ0v) is 13.8. The first-order valence-electron chi connectivity index (χ1n) is 7.36. The van der Waals surface area contributed by atoms with Crippen molar-refractivity contribution in [1.82, 2.24) is 5.43 Å². The molecule has 2 rings (SSSR count). The number of carbonyl (C=O) groups excluding carboxylic acids is 2. The van der Waals surface area contributed by atoms with Gasteiger partial charge in [-0.15, -0.1) is 0 Å². The number of methoxy groups -OCH3 is 1. The van der Waals surface area contributed by atoms with E-state index >= 15 is 0 Å². The zero-order chi connectivity index (χ0) is 17.5. The Morgan fingerprint density at radius 3 is 2.33 bits per heavy atom. The Kier molecular flexibility index (Phi) is 5.68. The van der Waals surface area contributed by atoms with E-state index in [-0.39, 0.29) is 0 Å². The first-order valence-corrected chi connectivity index (χ1v) is 7.36. The van der Waals surface area contributed by atoms with E-state index in [0.29, 0.717) is 17.0 Å². The molecule has 0 saturated carbocycles. The summed E-state index contributed by atoms with van der Waals surface area (Å²) in [6, 6.07) is 12.8. The van der Waals surface area contributed by atoms with Crippen molar-refractivity contribution in [2.24, 2.45) is 5.10 Å². The predicted octanol–water partition coefficient (Wildman–Crippen LogP) is 2.40. The number of nitrogens with zero attached hydrogens (tertiary/aromatic N) is 1. The highest BCUT2D eigenvalue weighted by Crippen LogP contribution is 2.19. The number of amides is 2. The second-order valence-electron chi connectivity index (χ2n) is 5.16. The Bertz CT molecular complexity index is 765. The summed E-state index contributed by atoms with van der Waals surface area (Å²) in [7, 11) is 1.54. The molecule has 0 fully saturated rings. The van der Waals surface area contributed by atoms with Gasteiger partial charge in [0, 0.05) is 11.3 Å². The third-order valence-corrected chi connectivity index (χ3v) is 3.43. The van der Waals surface area contributed by atoms with Crippen LogP contribution in [-0.4, -0.2) is 25.1 Å². The zero-order valence-electron chi connectivity index (χ0n) is 13.8. The van der Waals surface area contributed by atoms with Crippen LogP contribution in [0.15, 0.2) is 47.6 Å². The number of carbonyl (C=O) groups is 2. The summed E-state index contributed by atoms with van der Waals surface area (Å²) in [6.45, 7) is 3.72. The van der Waals surface area contributed by atoms with Gasteiger partial charge >= 0.3 is 11.8 Å². The Hall–Kier alpha value is -3.15. The summed E-state index contributed by atoms with van der Waals surface area (Å²) in [5.74, 6) is -0.996. The van der Waals surface area contributed by atoms with Crippen molar-refractivity contribution in [1.29, 1.82) is 0 Å². The minimum absolute atomic E-state index is 0.621. The molecular formula is C18H19N3O3. The van der Waals surface area contributed by atoms with Crippen LogP contribution in [0, 0.1) is 13.8 Å². The van der Waals surface area contributed by atoms with Crippen LogP contribution in [0.3, 0.4) is 0 Å². The number of hydrazone groups is 1. The molecule has 0 radical (unpaired) electrons. The molecule has 0 aliphatic carbocycles. The number of hydrogen-bond donors (Lipinski definition) is 2. The van der Waals surface area contributed by atoms with Crippen molar-refractivity contribution in [3.05, 3.63) is 59.2 Å². The average molecular weight is 325 g/mol. The highest BCUT2D eigenvalue weighted by Gasteiger charge is 2.15. The summed E-state index contributed by atoms with van der Waals surface area (Å²) in [4.78, 5) is 23.8. The van der Waals surface area contributed by atoms with Crippen LogP contribution < -0.4 is 15.5 Å². The van der Waals surface area contributed by atoms with Gasteiger partial charge in [0.1, 0.15) is 5.75 Å². The minimum atomic E-state index is -0.844. The van der Waals surface area contributed by atoms with Gasteiger partial charge in [-0.2, -0.15) is 5.10 Å². The maximum absolute atomic E-state index is 12.0. The van der Waals surface area contributed by atoms with E-state index in [9.17, 15) is 9.59 Å². The van der Waals surface area contributed by atoms with Crippen molar-refractivity contribution >= 4 is 23.7 Å². The topological polar surface area (TPSA) is 79.8 Å². The maximum Gasteiger partial charge on any atom is 0.329 e. The third-order valence-electron chi connectivity index (χ3n) is 3.43. The van der Waals surface area contributed by atoms with Gasteiger partial charge in [0.15, 0.2) is 0 Å². The van der Waals surface area contributed by atoms with Crippen molar-refractivity contribution in [2.75, 3.05) is 12.4 Å². The summed E-state index contributed by atoms with van der Waals surface area (Å²) in [5.41, 5.74) is 5.29. The highest BCUT2D eigenvalue weighted by atomic mass is 16.5. The lowest BCUT2D eigenvalue weighted by molar-refractivity contribution is -0.136. The SMILES string of the molecule is COc1ccccc1/C=N\NC(=O)C(=O)Nc1c(C)cccc1C. The minimum Gasteiger partial charge on any atom is -0.496 e. The van der Waals surface area contributed by atoms with Gasteiger partial charge in [0.25, 0.3) is 0 Å². The molecule has 0 aromatic heterocycles. The van der Waals surface area contributed by atoms with Gasteiger partial charge in [-0.1, -0.05) is 30.3 Å². The standard InChI is InChI=1S/C18H19N3O3/c1-12-7-6-8-13(2)16(12)20-17(22)18(23)21-19-11-14-9-4-5-10-15(14)24-3/h4-11H,1-3H3,(H,20,22)(H,21,23)/b19-11-. The van der Waals surface area contributed by atoms with E-state index < -0.39 is 11.8 Å². The summed E-state index contributed by atoms with van der Waals surface area (Å²) in [6.07, 6.45) is 1.42. The van der Waals surface area contributed by atoms with Gasteiger partial charge in [-0.05, 0) is 37.1 Å². The normalized spacial score (nSPS) is 10.5. The molecule has 0 saturated heterocycles. The van der Waals surface area contributed by atoms with Crippen LogP contribution in [0.2, 0.25) is 0 Å². The molecule has 0 unspecified atom stereocenters. The number of hydrogen-bond acceptors (Lipinski definition) is 4. The number of para-hydroxylation sites is 2. The summed E-state index contributed by atoms with van der Waals surface area (Å²) >= 11 is 0. The van der Waals surface area contributed by atoms with Crippen LogP contribution in [0.4, 0.5) is 5.69 Å². The molecule has 2 aromatic rings. The molecule has 0 spiro atoms. The second-order valence-corrected chi connectivity index (χ2v) is 5.16. The lowest BCUT2D eigenvalue weighted by Gasteiger charge is -2.10. The van der Waals surface area contributed by atoms with Gasteiger partial charge in [0.05, 0.1) is 13.3 Å². The number of rotatable bonds is 4. The average Bonchev–Trinajstić information content (AvgIpc) is 2.58. The molecule has 124 valence electrons. The molecule has 0 aliphatic rings. The largest absolute Gasteiger partial charge is 0.496 e. The van der Waals surface area contributed by atoms with E-state index in [0.717, 1.165) is 11.1 Å². The summed E-state index contributed by atoms with van der Waals surface area (Å²) in [5, 5.41) is 6.39. The highest BCUT2D eigenvalue weighted by molar-refractivity contribution is 6.39. The molecule has 6 heteroatoms. The second kappa shape index (κ2) is 7.92. The third kappa shape index (κ3) is 4.19. The molecule has 0 aliphatic heterocycles. The van der Waals surface area contributed by atoms with Crippen molar-refractivity contribution in [3.8, 4) is 5.75 Å². The molecule has 0 heterocycles. The molecular weight excluding hydrogens is 306 g/mol. The van der Waals surface area contributed by atoms with E-state index in [1.807, 2.05) is 44.2 Å². The van der Waals surface area contributed by atoms with Crippen LogP contribution >= 0.6 is 0 Å². The Balaban J connectivity index is 1.99. The van der Waals surface area contributed by atoms with Crippen molar-refractivity contribution < 1.29 is 14.3 Å². The monoisotopic (exact) mass is 325 g/mol. The van der Waals surface area contributed by atoms with Crippen LogP contribution in [0.1, 0.15) is 16.7 Å². The number of ether oxygens (including phenoxy) is 1. The van der Waals surface area contributed by atoms with Crippen LogP contribution in [0.25, 0.3) is 0 Å². The molecule has 2 N–H and O–H groups in total. The van der Waals surface area contributed by atoms with E-state index in [2.05, 4.69) is 15.8 Å². The Labute approximate surface area is 140 Å². The lowest BCUT2D eigenvalue weighted by atomic mass is 10.1. The molecule has 2 aromatic carbocycles. The fourth-order valence-corrected chi connectivity index (χ4v) is 2.17. The fraction of sp³-hybridized carbons (Fsp3) is 0.167. The van der Waals surface area contributed by atoms with E-state index in [4.69, 9.17) is 4.74 Å². The van der Waals surface area contributed by atoms with Crippen LogP contribution in [0.5, 0.6) is 5.75 Å². The molecule has 0 atom stereocenters. The van der Waals surface area contributed by atoms with Gasteiger partial charge in [-0.25, -0.2) is 5.43 Å². The van der Waals surface area contributed by atoms with E-state index in [1.54, 1.807) is 19.2 Å². The maximum atomic E-state index is 12.0. The smallest absolute Gasteiger partial charge is 0.329 e. The lowest BCUT2D eigenvalue weighted by Crippen LogP contribution is -2.32. The van der Waals surface area contributed by atoms with Gasteiger partial charge in [-0.3, -0.25) is 9.59 Å². The molecule has 0 bridgehead atoms. The summed E-state index contributed by atoms with van der Waals surface area (Å²) < 4.78 is 5.17. The van der Waals surface area contributed by atoms with Gasteiger partial charge < -0.3 is 10.1 Å². The Morgan fingerprint density at radius 1 is 1.00 bits per heavy atom. The fourth-order valence-electron chi connectivity index (χ4n) is 2.17. The molecule has 2 amide bonds.